The minimum absolute atomic E-state index is 0.144. The van der Waals surface area contributed by atoms with Gasteiger partial charge >= 0.3 is 5.97 Å². The maximum Gasteiger partial charge on any atom is 0.314 e. The molecular weight excluding hydrogens is 1200 g/mol. The molecule has 33 nitrogen and oxygen atoms in total. The SMILES string of the molecule is C=C1C[C@@]23CC[C@H]4[C@@](C)(CCC[C@@]4(C)C(=O)OC4OC(COC5OC(CO)C(O)C(O)C5O)C(O)C(O)C4OC4OC(CO)C(O)C(O)C4O)[C@@H]2CCC1(OC1OC(CO)C(O)C(OC2OC(CO)C(O)C(O)C2O)C1OC1OC(CO)C(O)C(O)C1O)C3. The fourth-order valence-corrected chi connectivity index (χ4v) is 16.3. The van der Waals surface area contributed by atoms with E-state index in [-0.39, 0.29) is 18.8 Å². The molecule has 512 valence electrons. The van der Waals surface area contributed by atoms with E-state index in [4.69, 9.17) is 56.8 Å². The lowest BCUT2D eigenvalue weighted by molar-refractivity contribution is -0.400. The predicted octanol–water partition coefficient (Wildman–Crippen LogP) is -9.47. The molecule has 36 atom stereocenters. The predicted molar refractivity (Wildman–Crippen MR) is 284 cm³/mol. The molecule has 0 amide bonds. The first-order valence-electron chi connectivity index (χ1n) is 30.4. The Kier molecular flexibility index (Phi) is 21.4. The van der Waals surface area contributed by atoms with Crippen LogP contribution in [0.1, 0.15) is 71.6 Å². The third-order valence-corrected chi connectivity index (χ3v) is 21.3. The molecule has 4 saturated carbocycles. The Morgan fingerprint density at radius 3 is 1.37 bits per heavy atom. The van der Waals surface area contributed by atoms with Crippen LogP contribution < -0.4 is 0 Å². The number of hydrogen-bond donors (Lipinski definition) is 20. The smallest absolute Gasteiger partial charge is 0.314 e. The van der Waals surface area contributed by atoms with Crippen LogP contribution in [0.5, 0.6) is 0 Å². The summed E-state index contributed by atoms with van der Waals surface area (Å²) in [6.45, 7) is 3.36. The Bertz CT molecular complexity index is 2390. The number of esters is 1. The topological polar surface area (TPSA) is 532 Å². The molecule has 0 aromatic heterocycles. The molecule has 6 heterocycles. The lowest BCUT2D eigenvalue weighted by atomic mass is 9.41. The molecule has 20 N–H and O–H groups in total. The number of carbonyl (C=O) groups is 1. The summed E-state index contributed by atoms with van der Waals surface area (Å²) in [6, 6.07) is 0. The third kappa shape index (κ3) is 12.4. The molecule has 2 bridgehead atoms. The van der Waals surface area contributed by atoms with E-state index in [1.165, 1.54) is 0 Å². The normalized spacial score (nSPS) is 54.5. The van der Waals surface area contributed by atoms with Gasteiger partial charge < -0.3 is 159 Å². The maximum absolute atomic E-state index is 15.3. The van der Waals surface area contributed by atoms with E-state index in [2.05, 4.69) is 13.5 Å². The second-order valence-electron chi connectivity index (χ2n) is 26.5. The van der Waals surface area contributed by atoms with Crippen LogP contribution in [0.4, 0.5) is 0 Å². The van der Waals surface area contributed by atoms with E-state index in [0.29, 0.717) is 50.5 Å². The summed E-state index contributed by atoms with van der Waals surface area (Å²) in [6.07, 6.45) is -50.9. The molecule has 10 fully saturated rings. The molecule has 6 saturated heterocycles. The van der Waals surface area contributed by atoms with Crippen molar-refractivity contribution in [3.63, 3.8) is 0 Å². The number of aliphatic hydroxyl groups is 20. The summed E-state index contributed by atoms with van der Waals surface area (Å²) in [5.74, 6) is -1.40. The van der Waals surface area contributed by atoms with Crippen LogP contribution in [0, 0.1) is 28.1 Å². The zero-order chi connectivity index (χ0) is 64.7. The Labute approximate surface area is 509 Å². The van der Waals surface area contributed by atoms with Crippen molar-refractivity contribution in [2.24, 2.45) is 28.1 Å². The number of ether oxygens (including phenoxy) is 12. The lowest BCUT2D eigenvalue weighted by Crippen LogP contribution is -2.68. The van der Waals surface area contributed by atoms with Crippen LogP contribution in [-0.4, -0.2) is 338 Å². The van der Waals surface area contributed by atoms with Crippen molar-refractivity contribution in [1.82, 2.24) is 0 Å². The highest BCUT2D eigenvalue weighted by molar-refractivity contribution is 5.77. The fourth-order valence-electron chi connectivity index (χ4n) is 16.3. The van der Waals surface area contributed by atoms with Crippen molar-refractivity contribution in [1.29, 1.82) is 0 Å². The Hall–Kier alpha value is -2.03. The fraction of sp³-hybridized carbons (Fsp3) is 0.946. The molecule has 4 aliphatic carbocycles. The van der Waals surface area contributed by atoms with Gasteiger partial charge in [-0.05, 0) is 86.5 Å². The second-order valence-corrected chi connectivity index (χ2v) is 26.5. The number of carbonyl (C=O) groups excluding carboxylic acids is 1. The molecule has 31 unspecified atom stereocenters. The van der Waals surface area contributed by atoms with Gasteiger partial charge in [-0.3, -0.25) is 4.79 Å². The van der Waals surface area contributed by atoms with Crippen molar-refractivity contribution in [2.75, 3.05) is 39.6 Å². The summed E-state index contributed by atoms with van der Waals surface area (Å²) in [5, 5.41) is 214. The molecular formula is C56H90O33. The first-order chi connectivity index (χ1) is 42.1. The Morgan fingerprint density at radius 2 is 0.865 bits per heavy atom. The molecule has 0 aromatic rings. The van der Waals surface area contributed by atoms with Crippen LogP contribution in [0.15, 0.2) is 12.2 Å². The molecule has 33 heteroatoms. The van der Waals surface area contributed by atoms with Crippen LogP contribution in [-0.2, 0) is 61.6 Å². The van der Waals surface area contributed by atoms with Crippen LogP contribution in [0.3, 0.4) is 0 Å². The monoisotopic (exact) mass is 1290 g/mol. The molecule has 1 spiro atoms. The zero-order valence-electron chi connectivity index (χ0n) is 49.0. The van der Waals surface area contributed by atoms with Crippen LogP contribution >= 0.6 is 0 Å². The summed E-state index contributed by atoms with van der Waals surface area (Å²) in [5.41, 5.74) is -3.18. The molecule has 0 aromatic carbocycles. The summed E-state index contributed by atoms with van der Waals surface area (Å²) in [7, 11) is 0. The van der Waals surface area contributed by atoms with Gasteiger partial charge in [0.2, 0.25) is 6.29 Å². The summed E-state index contributed by atoms with van der Waals surface area (Å²) >= 11 is 0. The highest BCUT2D eigenvalue weighted by Crippen LogP contribution is 2.74. The molecule has 10 aliphatic rings. The lowest BCUT2D eigenvalue weighted by Gasteiger charge is -2.64. The van der Waals surface area contributed by atoms with E-state index < -0.39 is 258 Å². The Balaban J connectivity index is 0.902. The highest BCUT2D eigenvalue weighted by atomic mass is 16.8. The average Bonchev–Trinajstić information content (AvgIpc) is 1.64. The van der Waals surface area contributed by atoms with Crippen molar-refractivity contribution >= 4 is 5.97 Å². The standard InChI is InChI=1S/C56H90O33/c1-19-11-55-9-5-26-53(2,7-4-8-54(26,3)52(77)88-50-44(86-48-41(75)36(70)30(64)22(14-59)81-48)38(72)32(66)25(84-50)17-78-46-39(73)34(68)28(62)20(12-57)79-46)27(55)6-10-56(19,18-55)89-51-45(87-49-42(76)37(71)31(65)23(15-60)82-49)43(33(67)24(16-61)83-51)85-47-40(74)35(69)29(63)21(13-58)80-47/h20-51,57-76H,1,4-18H2,2-3H3/t20?,21?,22?,23?,24?,25?,26-,27-,28?,29?,30?,31?,32?,33?,34?,35?,36?,37?,38?,39?,40?,41?,42?,43?,44?,45?,46?,47?,48?,49?,50?,51?,53+,54+,55+,56?/m0/s1. The number of fused-ring (bicyclic) bond motifs is 3. The van der Waals surface area contributed by atoms with Gasteiger partial charge in [-0.15, -0.1) is 0 Å². The van der Waals surface area contributed by atoms with E-state index in [1.54, 1.807) is 6.92 Å². The van der Waals surface area contributed by atoms with Crippen LogP contribution in [0.25, 0.3) is 0 Å². The van der Waals surface area contributed by atoms with E-state index >= 15 is 4.79 Å². The number of hydrogen-bond acceptors (Lipinski definition) is 33. The second kappa shape index (κ2) is 27.2. The van der Waals surface area contributed by atoms with Gasteiger partial charge in [0.05, 0.1) is 50.7 Å². The van der Waals surface area contributed by atoms with E-state index in [0.717, 1.165) is 0 Å². The van der Waals surface area contributed by atoms with Gasteiger partial charge in [-0.2, -0.15) is 0 Å². The van der Waals surface area contributed by atoms with Crippen molar-refractivity contribution in [2.45, 2.75) is 261 Å². The minimum Gasteiger partial charge on any atom is -0.432 e. The molecule has 0 radical (unpaired) electrons. The Morgan fingerprint density at radius 1 is 0.449 bits per heavy atom. The van der Waals surface area contributed by atoms with Gasteiger partial charge in [0.1, 0.15) is 140 Å². The third-order valence-electron chi connectivity index (χ3n) is 21.3. The van der Waals surface area contributed by atoms with E-state index in [9.17, 15) is 102 Å². The van der Waals surface area contributed by atoms with Crippen molar-refractivity contribution in [3.8, 4) is 0 Å². The van der Waals surface area contributed by atoms with Crippen molar-refractivity contribution < 1.29 is 164 Å². The molecule has 10 rings (SSSR count). The average molecular weight is 1290 g/mol. The minimum atomic E-state index is -2.08. The molecule has 89 heavy (non-hydrogen) atoms. The van der Waals surface area contributed by atoms with Gasteiger partial charge in [0.15, 0.2) is 37.6 Å². The largest absolute Gasteiger partial charge is 0.432 e. The van der Waals surface area contributed by atoms with Crippen LogP contribution in [0.2, 0.25) is 0 Å². The summed E-state index contributed by atoms with van der Waals surface area (Å²) in [4.78, 5) is 15.3. The molecule has 6 aliphatic heterocycles. The van der Waals surface area contributed by atoms with Gasteiger partial charge in [-0.1, -0.05) is 19.9 Å². The number of aliphatic hydroxyl groups excluding tert-OH is 20. The maximum atomic E-state index is 15.3. The van der Waals surface area contributed by atoms with E-state index in [1.807, 2.05) is 0 Å². The van der Waals surface area contributed by atoms with Gasteiger partial charge in [0, 0.05) is 0 Å². The van der Waals surface area contributed by atoms with Gasteiger partial charge in [0.25, 0.3) is 0 Å². The zero-order valence-corrected chi connectivity index (χ0v) is 49.0. The quantitative estimate of drug-likeness (QED) is 0.0344. The van der Waals surface area contributed by atoms with Gasteiger partial charge in [-0.25, -0.2) is 0 Å². The first-order valence-corrected chi connectivity index (χ1v) is 30.4. The highest BCUT2D eigenvalue weighted by Gasteiger charge is 2.70. The summed E-state index contributed by atoms with van der Waals surface area (Å²) < 4.78 is 72.1. The number of rotatable bonds is 18. The van der Waals surface area contributed by atoms with Crippen molar-refractivity contribution in [3.05, 3.63) is 12.2 Å². The first kappa shape index (κ1) is 69.8.